The zero-order valence-electron chi connectivity index (χ0n) is 16.7. The number of hydrogen-bond acceptors (Lipinski definition) is 7. The van der Waals surface area contributed by atoms with Crippen molar-refractivity contribution in [2.45, 2.75) is 18.9 Å². The number of benzene rings is 1. The molecule has 2 aliphatic heterocycles. The Bertz CT molecular complexity index is 833. The molecule has 1 aromatic heterocycles. The quantitative estimate of drug-likeness (QED) is 0.799. The van der Waals surface area contributed by atoms with E-state index in [1.165, 1.54) is 0 Å². The average Bonchev–Trinajstić information content (AvgIpc) is 3.31. The number of para-hydroxylation sites is 2. The minimum absolute atomic E-state index is 0.0627. The summed E-state index contributed by atoms with van der Waals surface area (Å²) in [5, 5.41) is 3.19. The van der Waals surface area contributed by atoms with Crippen molar-refractivity contribution in [3.8, 4) is 5.75 Å². The smallest absolute Gasteiger partial charge is 0.272 e. The molecule has 1 aromatic carbocycles. The molecule has 1 amide bonds. The summed E-state index contributed by atoms with van der Waals surface area (Å²) in [6, 6.07) is 9.64. The van der Waals surface area contributed by atoms with Crippen LogP contribution in [0.15, 0.2) is 36.5 Å². The van der Waals surface area contributed by atoms with Crippen molar-refractivity contribution in [3.05, 3.63) is 42.2 Å². The van der Waals surface area contributed by atoms with Gasteiger partial charge in [0.1, 0.15) is 11.4 Å². The standard InChI is InChI=1S/C21H27N5O3/c1-28-19-7-3-2-6-18(19)25-10-12-26(13-11-25)20(27)17-8-9-22-21(24-17)23-15-16-5-4-14-29-16/h2-3,6-9,16H,4-5,10-15H2,1H3,(H,22,23,24). The van der Waals surface area contributed by atoms with E-state index in [9.17, 15) is 4.79 Å². The van der Waals surface area contributed by atoms with Crippen molar-refractivity contribution in [2.75, 3.05) is 56.7 Å². The molecule has 0 saturated carbocycles. The maximum atomic E-state index is 12.9. The lowest BCUT2D eigenvalue weighted by Gasteiger charge is -2.36. The molecule has 2 aromatic rings. The van der Waals surface area contributed by atoms with Gasteiger partial charge in [-0.3, -0.25) is 4.79 Å². The first-order chi connectivity index (χ1) is 14.2. The van der Waals surface area contributed by atoms with Crippen LogP contribution in [0.2, 0.25) is 0 Å². The van der Waals surface area contributed by atoms with Crippen molar-refractivity contribution >= 4 is 17.5 Å². The number of rotatable bonds is 6. The highest BCUT2D eigenvalue weighted by Gasteiger charge is 2.25. The number of anilines is 2. The summed E-state index contributed by atoms with van der Waals surface area (Å²) >= 11 is 0. The van der Waals surface area contributed by atoms with Crippen LogP contribution in [0.3, 0.4) is 0 Å². The molecule has 0 aliphatic carbocycles. The van der Waals surface area contributed by atoms with Gasteiger partial charge in [-0.25, -0.2) is 9.97 Å². The molecule has 8 nitrogen and oxygen atoms in total. The van der Waals surface area contributed by atoms with Crippen LogP contribution in [0, 0.1) is 0 Å². The summed E-state index contributed by atoms with van der Waals surface area (Å²) in [6.07, 6.45) is 3.96. The number of carbonyl (C=O) groups excluding carboxylic acids is 1. The van der Waals surface area contributed by atoms with Crippen molar-refractivity contribution in [3.63, 3.8) is 0 Å². The van der Waals surface area contributed by atoms with Gasteiger partial charge in [0.2, 0.25) is 5.95 Å². The molecule has 1 N–H and O–H groups in total. The van der Waals surface area contributed by atoms with Gasteiger partial charge in [0.05, 0.1) is 18.9 Å². The molecule has 2 saturated heterocycles. The molecule has 2 fully saturated rings. The monoisotopic (exact) mass is 397 g/mol. The Kier molecular flexibility index (Phi) is 6.09. The van der Waals surface area contributed by atoms with Crippen molar-refractivity contribution in [1.29, 1.82) is 0 Å². The van der Waals surface area contributed by atoms with Crippen LogP contribution in [-0.4, -0.2) is 73.3 Å². The first-order valence-corrected chi connectivity index (χ1v) is 10.1. The third-order valence-corrected chi connectivity index (χ3v) is 5.38. The summed E-state index contributed by atoms with van der Waals surface area (Å²) in [6.45, 7) is 4.25. The fraction of sp³-hybridized carbons (Fsp3) is 0.476. The van der Waals surface area contributed by atoms with Crippen LogP contribution < -0.4 is 15.0 Å². The van der Waals surface area contributed by atoms with E-state index in [1.54, 1.807) is 19.4 Å². The van der Waals surface area contributed by atoms with Gasteiger partial charge in [0.15, 0.2) is 0 Å². The Hall–Kier alpha value is -2.87. The normalized spacial score (nSPS) is 19.3. The molecule has 0 spiro atoms. The molecule has 0 bridgehead atoms. The minimum atomic E-state index is -0.0627. The first-order valence-electron chi connectivity index (χ1n) is 10.1. The number of carbonyl (C=O) groups is 1. The van der Waals surface area contributed by atoms with Gasteiger partial charge >= 0.3 is 0 Å². The second kappa shape index (κ2) is 9.09. The van der Waals surface area contributed by atoms with E-state index in [1.807, 2.05) is 29.2 Å². The number of hydrogen-bond donors (Lipinski definition) is 1. The summed E-state index contributed by atoms with van der Waals surface area (Å²) in [5.74, 6) is 1.26. The van der Waals surface area contributed by atoms with E-state index in [4.69, 9.17) is 9.47 Å². The summed E-state index contributed by atoms with van der Waals surface area (Å²) < 4.78 is 11.1. The maximum Gasteiger partial charge on any atom is 0.272 e. The molecule has 1 unspecified atom stereocenters. The zero-order chi connectivity index (χ0) is 20.1. The highest BCUT2D eigenvalue weighted by Crippen LogP contribution is 2.28. The van der Waals surface area contributed by atoms with Crippen LogP contribution in [0.1, 0.15) is 23.3 Å². The third kappa shape index (κ3) is 4.59. The van der Waals surface area contributed by atoms with Crippen molar-refractivity contribution in [2.24, 2.45) is 0 Å². The molecule has 2 aliphatic rings. The van der Waals surface area contributed by atoms with Crippen molar-refractivity contribution < 1.29 is 14.3 Å². The molecule has 0 radical (unpaired) electrons. The number of amides is 1. The van der Waals surface area contributed by atoms with E-state index in [-0.39, 0.29) is 12.0 Å². The predicted octanol–water partition coefficient (Wildman–Crippen LogP) is 2.04. The molecule has 154 valence electrons. The van der Waals surface area contributed by atoms with E-state index in [0.29, 0.717) is 31.3 Å². The van der Waals surface area contributed by atoms with E-state index >= 15 is 0 Å². The molecule has 3 heterocycles. The number of nitrogens with zero attached hydrogens (tertiary/aromatic N) is 4. The predicted molar refractivity (Wildman–Crippen MR) is 111 cm³/mol. The van der Waals surface area contributed by atoms with Gasteiger partial charge in [-0.2, -0.15) is 0 Å². The fourth-order valence-corrected chi connectivity index (χ4v) is 3.78. The molecule has 29 heavy (non-hydrogen) atoms. The maximum absolute atomic E-state index is 12.9. The zero-order valence-corrected chi connectivity index (χ0v) is 16.7. The topological polar surface area (TPSA) is 79.8 Å². The number of methoxy groups -OCH3 is 1. The lowest BCUT2D eigenvalue weighted by atomic mass is 10.2. The largest absolute Gasteiger partial charge is 0.495 e. The Morgan fingerprint density at radius 2 is 2.07 bits per heavy atom. The van der Waals surface area contributed by atoms with Crippen molar-refractivity contribution in [1.82, 2.24) is 14.9 Å². The Morgan fingerprint density at radius 3 is 2.83 bits per heavy atom. The Balaban J connectivity index is 1.35. The SMILES string of the molecule is COc1ccccc1N1CCN(C(=O)c2ccnc(NCC3CCCO3)n2)CC1. The Morgan fingerprint density at radius 1 is 1.24 bits per heavy atom. The van der Waals surface area contributed by atoms with Crippen LogP contribution in [-0.2, 0) is 4.74 Å². The number of piperazine rings is 1. The highest BCUT2D eigenvalue weighted by atomic mass is 16.5. The number of aromatic nitrogens is 2. The highest BCUT2D eigenvalue weighted by molar-refractivity contribution is 5.92. The lowest BCUT2D eigenvalue weighted by molar-refractivity contribution is 0.0740. The van der Waals surface area contributed by atoms with Crippen LogP contribution in [0.4, 0.5) is 11.6 Å². The molecule has 1 atom stereocenters. The summed E-state index contributed by atoms with van der Waals surface area (Å²) in [7, 11) is 1.68. The van der Waals surface area contributed by atoms with Crippen LogP contribution in [0.25, 0.3) is 0 Å². The minimum Gasteiger partial charge on any atom is -0.495 e. The number of nitrogens with one attached hydrogen (secondary N) is 1. The fourth-order valence-electron chi connectivity index (χ4n) is 3.78. The van der Waals surface area contributed by atoms with Gasteiger partial charge < -0.3 is 24.6 Å². The number of ether oxygens (including phenoxy) is 2. The van der Waals surface area contributed by atoms with Gasteiger partial charge in [-0.05, 0) is 31.0 Å². The van der Waals surface area contributed by atoms with Gasteiger partial charge in [0.25, 0.3) is 5.91 Å². The van der Waals surface area contributed by atoms with Gasteiger partial charge in [-0.15, -0.1) is 0 Å². The van der Waals surface area contributed by atoms with E-state index < -0.39 is 0 Å². The Labute approximate surface area is 170 Å². The van der Waals surface area contributed by atoms with Gasteiger partial charge in [0, 0.05) is 45.5 Å². The summed E-state index contributed by atoms with van der Waals surface area (Å²) in [4.78, 5) is 25.7. The molecule has 8 heteroatoms. The van der Waals surface area contributed by atoms with Gasteiger partial charge in [-0.1, -0.05) is 12.1 Å². The van der Waals surface area contributed by atoms with Crippen LogP contribution in [0.5, 0.6) is 5.75 Å². The molecule has 4 rings (SSSR count). The van der Waals surface area contributed by atoms with E-state index in [2.05, 4.69) is 20.2 Å². The van der Waals surface area contributed by atoms with E-state index in [0.717, 1.165) is 44.0 Å². The third-order valence-electron chi connectivity index (χ3n) is 5.38. The second-order valence-corrected chi connectivity index (χ2v) is 7.23. The second-order valence-electron chi connectivity index (χ2n) is 7.23. The lowest BCUT2D eigenvalue weighted by Crippen LogP contribution is -2.49. The van der Waals surface area contributed by atoms with Crippen LogP contribution >= 0.6 is 0 Å². The summed E-state index contributed by atoms with van der Waals surface area (Å²) in [5.41, 5.74) is 1.48. The molecular weight excluding hydrogens is 370 g/mol. The average molecular weight is 397 g/mol. The molecular formula is C21H27N5O3. The first kappa shape index (κ1) is 19.4.